The predicted molar refractivity (Wildman–Crippen MR) is 103 cm³/mol. The summed E-state index contributed by atoms with van der Waals surface area (Å²) in [5, 5.41) is 11.3. The summed E-state index contributed by atoms with van der Waals surface area (Å²) < 4.78 is 0. The summed E-state index contributed by atoms with van der Waals surface area (Å²) in [4.78, 5) is 21.6. The maximum Gasteiger partial charge on any atom is 0.249 e. The first-order valence-corrected chi connectivity index (χ1v) is 8.99. The van der Waals surface area contributed by atoms with Crippen LogP contribution in [0.25, 0.3) is 0 Å². The smallest absolute Gasteiger partial charge is 0.249 e. The summed E-state index contributed by atoms with van der Waals surface area (Å²) in [5.41, 5.74) is 2.12. The minimum Gasteiger partial charge on any atom is -0.372 e. The monoisotopic (exact) mass is 355 g/mol. The zero-order chi connectivity index (χ0) is 18.4. The zero-order valence-electron chi connectivity index (χ0n) is 15.3. The highest BCUT2D eigenvalue weighted by molar-refractivity contribution is 5.60. The molecule has 0 aliphatic carbocycles. The Balaban J connectivity index is 1.66. The molecule has 1 fully saturated rings. The lowest BCUT2D eigenvalue weighted by Crippen LogP contribution is -2.46. The standard InChI is InChI=1S/C18H25N7O/c1-3-24(4-2)16-7-5-15(6-8-16)20-18-21-17(13-19-22-18)25-11-9-23(14-26)10-12-25/h5-8,13-14H,3-4,9-12H2,1-2H3,(H,20,21,22). The van der Waals surface area contributed by atoms with Crippen molar-refractivity contribution in [2.24, 2.45) is 0 Å². The lowest BCUT2D eigenvalue weighted by Gasteiger charge is -2.33. The lowest BCUT2D eigenvalue weighted by molar-refractivity contribution is -0.118. The Labute approximate surface area is 153 Å². The Kier molecular flexibility index (Phi) is 5.83. The van der Waals surface area contributed by atoms with Gasteiger partial charge in [0.2, 0.25) is 12.4 Å². The normalized spacial score (nSPS) is 14.2. The maximum absolute atomic E-state index is 10.8. The molecule has 1 saturated heterocycles. The highest BCUT2D eigenvalue weighted by atomic mass is 16.1. The van der Waals surface area contributed by atoms with Gasteiger partial charge in [-0.25, -0.2) is 0 Å². The Morgan fingerprint density at radius 3 is 2.42 bits per heavy atom. The average Bonchev–Trinajstić information content (AvgIpc) is 2.70. The van der Waals surface area contributed by atoms with Crippen molar-refractivity contribution in [1.82, 2.24) is 20.1 Å². The van der Waals surface area contributed by atoms with E-state index < -0.39 is 0 Å². The molecule has 2 heterocycles. The van der Waals surface area contributed by atoms with E-state index in [-0.39, 0.29) is 0 Å². The van der Waals surface area contributed by atoms with Gasteiger partial charge in [-0.2, -0.15) is 10.1 Å². The van der Waals surface area contributed by atoms with Crippen LogP contribution >= 0.6 is 0 Å². The molecule has 1 aromatic carbocycles. The van der Waals surface area contributed by atoms with Gasteiger partial charge in [-0.15, -0.1) is 5.10 Å². The molecular weight excluding hydrogens is 330 g/mol. The first-order valence-electron chi connectivity index (χ1n) is 8.99. The van der Waals surface area contributed by atoms with Crippen molar-refractivity contribution in [3.05, 3.63) is 30.5 Å². The summed E-state index contributed by atoms with van der Waals surface area (Å²) in [6.07, 6.45) is 2.55. The number of nitrogens with one attached hydrogen (secondary N) is 1. The lowest BCUT2D eigenvalue weighted by atomic mass is 10.2. The van der Waals surface area contributed by atoms with Crippen molar-refractivity contribution in [2.75, 3.05) is 54.4 Å². The molecule has 1 aliphatic heterocycles. The second-order valence-electron chi connectivity index (χ2n) is 6.11. The molecule has 0 saturated carbocycles. The summed E-state index contributed by atoms with van der Waals surface area (Å²) >= 11 is 0. The summed E-state index contributed by atoms with van der Waals surface area (Å²) in [6.45, 7) is 9.15. The molecule has 8 nitrogen and oxygen atoms in total. The fourth-order valence-corrected chi connectivity index (χ4v) is 3.03. The molecule has 8 heteroatoms. The number of nitrogens with zero attached hydrogens (tertiary/aromatic N) is 6. The Bertz CT molecular complexity index is 710. The van der Waals surface area contributed by atoms with Gasteiger partial charge in [0, 0.05) is 50.6 Å². The number of rotatable bonds is 7. The number of carbonyl (C=O) groups excluding carboxylic acids is 1. The van der Waals surface area contributed by atoms with E-state index in [0.717, 1.165) is 44.1 Å². The number of amides is 1. The second kappa shape index (κ2) is 8.46. The van der Waals surface area contributed by atoms with Crippen LogP contribution in [-0.2, 0) is 4.79 Å². The van der Waals surface area contributed by atoms with Gasteiger partial charge in [0.1, 0.15) is 0 Å². The zero-order valence-corrected chi connectivity index (χ0v) is 15.3. The van der Waals surface area contributed by atoms with Crippen LogP contribution in [0, 0.1) is 0 Å². The number of benzene rings is 1. The van der Waals surface area contributed by atoms with Crippen LogP contribution in [0.3, 0.4) is 0 Å². The van der Waals surface area contributed by atoms with Gasteiger partial charge in [-0.05, 0) is 38.1 Å². The molecule has 26 heavy (non-hydrogen) atoms. The van der Waals surface area contributed by atoms with Gasteiger partial charge in [0.15, 0.2) is 5.82 Å². The molecule has 1 N–H and O–H groups in total. The number of hydrogen-bond donors (Lipinski definition) is 1. The largest absolute Gasteiger partial charge is 0.372 e. The average molecular weight is 355 g/mol. The molecule has 1 aromatic heterocycles. The van der Waals surface area contributed by atoms with Crippen LogP contribution in [0.1, 0.15) is 13.8 Å². The summed E-state index contributed by atoms with van der Waals surface area (Å²) in [6, 6.07) is 8.22. The van der Waals surface area contributed by atoms with Crippen molar-refractivity contribution in [3.63, 3.8) is 0 Å². The minimum atomic E-state index is 0.468. The van der Waals surface area contributed by atoms with Crippen molar-refractivity contribution in [3.8, 4) is 0 Å². The molecule has 0 unspecified atom stereocenters. The van der Waals surface area contributed by atoms with E-state index in [4.69, 9.17) is 0 Å². The van der Waals surface area contributed by atoms with E-state index in [1.807, 2.05) is 12.1 Å². The Morgan fingerprint density at radius 1 is 1.12 bits per heavy atom. The van der Waals surface area contributed by atoms with Crippen molar-refractivity contribution in [2.45, 2.75) is 13.8 Å². The fourth-order valence-electron chi connectivity index (χ4n) is 3.03. The number of piperazine rings is 1. The van der Waals surface area contributed by atoms with E-state index in [1.165, 1.54) is 5.69 Å². The molecule has 3 rings (SSSR count). The van der Waals surface area contributed by atoms with Gasteiger partial charge < -0.3 is 20.0 Å². The van der Waals surface area contributed by atoms with Gasteiger partial charge in [-0.1, -0.05) is 0 Å². The van der Waals surface area contributed by atoms with Gasteiger partial charge in [0.05, 0.1) is 6.20 Å². The summed E-state index contributed by atoms with van der Waals surface area (Å²) in [7, 11) is 0. The molecule has 2 aromatic rings. The van der Waals surface area contributed by atoms with Crippen molar-refractivity contribution in [1.29, 1.82) is 0 Å². The van der Waals surface area contributed by atoms with Crippen LogP contribution in [-0.4, -0.2) is 65.8 Å². The third-order valence-corrected chi connectivity index (χ3v) is 4.59. The second-order valence-corrected chi connectivity index (χ2v) is 6.11. The number of anilines is 4. The Morgan fingerprint density at radius 2 is 1.81 bits per heavy atom. The minimum absolute atomic E-state index is 0.468. The SMILES string of the molecule is CCN(CC)c1ccc(Nc2nncc(N3CCN(C=O)CC3)n2)cc1. The van der Waals surface area contributed by atoms with Gasteiger partial charge >= 0.3 is 0 Å². The van der Waals surface area contributed by atoms with E-state index in [1.54, 1.807) is 11.1 Å². The van der Waals surface area contributed by atoms with E-state index in [2.05, 4.69) is 56.3 Å². The third-order valence-electron chi connectivity index (χ3n) is 4.59. The Hall–Kier alpha value is -2.90. The quantitative estimate of drug-likeness (QED) is 0.758. The van der Waals surface area contributed by atoms with E-state index in [9.17, 15) is 4.79 Å². The molecule has 1 aliphatic rings. The van der Waals surface area contributed by atoms with Crippen LogP contribution in [0.2, 0.25) is 0 Å². The molecular formula is C18H25N7O. The maximum atomic E-state index is 10.8. The number of hydrogen-bond acceptors (Lipinski definition) is 7. The van der Waals surface area contributed by atoms with Crippen LogP contribution < -0.4 is 15.1 Å². The summed E-state index contributed by atoms with van der Waals surface area (Å²) in [5.74, 6) is 1.24. The molecule has 0 radical (unpaired) electrons. The number of carbonyl (C=O) groups is 1. The highest BCUT2D eigenvalue weighted by Gasteiger charge is 2.17. The third kappa shape index (κ3) is 4.19. The molecule has 0 spiro atoms. The van der Waals surface area contributed by atoms with Crippen LogP contribution in [0.4, 0.5) is 23.1 Å². The highest BCUT2D eigenvalue weighted by Crippen LogP contribution is 2.20. The molecule has 0 atom stereocenters. The van der Waals surface area contributed by atoms with Crippen LogP contribution in [0.5, 0.6) is 0 Å². The predicted octanol–water partition coefficient (Wildman–Crippen LogP) is 1.74. The van der Waals surface area contributed by atoms with Crippen LogP contribution in [0.15, 0.2) is 30.5 Å². The molecule has 0 bridgehead atoms. The van der Waals surface area contributed by atoms with E-state index in [0.29, 0.717) is 19.0 Å². The first kappa shape index (κ1) is 17.9. The van der Waals surface area contributed by atoms with E-state index >= 15 is 0 Å². The topological polar surface area (TPSA) is 77.5 Å². The first-order chi connectivity index (χ1) is 12.7. The molecule has 138 valence electrons. The molecule has 1 amide bonds. The fraction of sp³-hybridized carbons (Fsp3) is 0.444. The van der Waals surface area contributed by atoms with Crippen molar-refractivity contribution >= 4 is 29.6 Å². The van der Waals surface area contributed by atoms with Gasteiger partial charge in [-0.3, -0.25) is 4.79 Å². The number of aromatic nitrogens is 3. The van der Waals surface area contributed by atoms with Gasteiger partial charge in [0.25, 0.3) is 0 Å². The van der Waals surface area contributed by atoms with Crippen molar-refractivity contribution < 1.29 is 4.79 Å².